The maximum Gasteiger partial charge on any atom is 0.244 e. The summed E-state index contributed by atoms with van der Waals surface area (Å²) >= 11 is 3.40. The number of nitrogens with two attached hydrogens (primary N) is 1. The van der Waals surface area contributed by atoms with Gasteiger partial charge in [-0.15, -0.1) is 0 Å². The van der Waals surface area contributed by atoms with E-state index >= 15 is 0 Å². The van der Waals surface area contributed by atoms with E-state index in [2.05, 4.69) is 26.2 Å². The molecule has 1 aliphatic rings. The number of amides is 1. The second kappa shape index (κ2) is 5.14. The molecule has 1 amide bonds. The average molecular weight is 334 g/mol. The smallest absolute Gasteiger partial charge is 0.244 e. The van der Waals surface area contributed by atoms with Crippen LogP contribution >= 0.6 is 15.9 Å². The van der Waals surface area contributed by atoms with E-state index in [0.717, 1.165) is 46.7 Å². The minimum Gasteiger partial charge on any atom is -0.323 e. The minimum atomic E-state index is -0.725. The third kappa shape index (κ3) is 2.43. The first-order chi connectivity index (χ1) is 9.58. The molecule has 0 atom stereocenters. The zero-order valence-corrected chi connectivity index (χ0v) is 12.6. The Morgan fingerprint density at radius 2 is 2.10 bits per heavy atom. The van der Waals surface area contributed by atoms with Gasteiger partial charge < -0.3 is 11.1 Å². The number of carbonyl (C=O) groups is 1. The standard InChI is InChI=1S/C15H16BrN3O/c16-11-8-10-4-3-5-12(13(10)18-9-11)19-14(20)15(17)6-1-2-7-15/h3-5,8-9H,1-2,6-7,17H2,(H,19,20). The Balaban J connectivity index is 1.93. The molecular weight excluding hydrogens is 318 g/mol. The van der Waals surface area contributed by atoms with Gasteiger partial charge in [0.15, 0.2) is 0 Å². The number of hydrogen-bond donors (Lipinski definition) is 2. The highest BCUT2D eigenvalue weighted by Crippen LogP contribution is 2.30. The Labute approximate surface area is 125 Å². The van der Waals surface area contributed by atoms with Crippen LogP contribution in [-0.4, -0.2) is 16.4 Å². The molecule has 3 rings (SSSR count). The summed E-state index contributed by atoms with van der Waals surface area (Å²) in [6, 6.07) is 7.71. The first kappa shape index (κ1) is 13.5. The molecule has 1 aromatic heterocycles. The molecule has 1 aromatic carbocycles. The number of anilines is 1. The summed E-state index contributed by atoms with van der Waals surface area (Å²) in [5.41, 5.74) is 6.96. The van der Waals surface area contributed by atoms with Crippen LogP contribution in [0.5, 0.6) is 0 Å². The van der Waals surface area contributed by atoms with Gasteiger partial charge in [-0.05, 0) is 40.9 Å². The SMILES string of the molecule is NC1(C(=O)Nc2cccc3cc(Br)cnc23)CCCC1. The molecule has 3 N–H and O–H groups in total. The van der Waals surface area contributed by atoms with Crippen molar-refractivity contribution in [3.8, 4) is 0 Å². The molecule has 1 heterocycles. The lowest BCUT2D eigenvalue weighted by atomic mass is 9.98. The summed E-state index contributed by atoms with van der Waals surface area (Å²) in [4.78, 5) is 16.8. The summed E-state index contributed by atoms with van der Waals surface area (Å²) in [5, 5.41) is 3.93. The van der Waals surface area contributed by atoms with Gasteiger partial charge in [0, 0.05) is 16.1 Å². The molecule has 1 fully saturated rings. The molecule has 5 heteroatoms. The van der Waals surface area contributed by atoms with Gasteiger partial charge in [-0.25, -0.2) is 0 Å². The summed E-state index contributed by atoms with van der Waals surface area (Å²) in [6.07, 6.45) is 5.27. The number of aromatic nitrogens is 1. The van der Waals surface area contributed by atoms with Gasteiger partial charge in [-0.1, -0.05) is 25.0 Å². The fourth-order valence-corrected chi connectivity index (χ4v) is 3.06. The third-order valence-electron chi connectivity index (χ3n) is 3.87. The van der Waals surface area contributed by atoms with Gasteiger partial charge in [0.1, 0.15) is 0 Å². The number of carbonyl (C=O) groups excluding carboxylic acids is 1. The van der Waals surface area contributed by atoms with Crippen molar-refractivity contribution < 1.29 is 4.79 Å². The Hall–Kier alpha value is -1.46. The number of rotatable bonds is 2. The Bertz CT molecular complexity index is 665. The second-order valence-corrected chi connectivity index (χ2v) is 6.26. The van der Waals surface area contributed by atoms with Gasteiger partial charge in [0.2, 0.25) is 5.91 Å². The van der Waals surface area contributed by atoms with Crippen LogP contribution in [0.3, 0.4) is 0 Å². The first-order valence-corrected chi connectivity index (χ1v) is 7.52. The lowest BCUT2D eigenvalue weighted by Crippen LogP contribution is -2.48. The Kier molecular flexibility index (Phi) is 3.48. The number of fused-ring (bicyclic) bond motifs is 1. The van der Waals surface area contributed by atoms with Gasteiger partial charge in [0.05, 0.1) is 16.7 Å². The van der Waals surface area contributed by atoms with E-state index in [0.29, 0.717) is 0 Å². The number of pyridine rings is 1. The van der Waals surface area contributed by atoms with E-state index in [1.54, 1.807) is 6.20 Å². The van der Waals surface area contributed by atoms with E-state index < -0.39 is 5.54 Å². The van der Waals surface area contributed by atoms with Crippen LogP contribution in [0.2, 0.25) is 0 Å². The lowest BCUT2D eigenvalue weighted by molar-refractivity contribution is -0.120. The Morgan fingerprint density at radius 3 is 2.85 bits per heavy atom. The zero-order valence-electron chi connectivity index (χ0n) is 11.0. The molecule has 0 spiro atoms. The molecule has 0 bridgehead atoms. The van der Waals surface area contributed by atoms with Crippen LogP contribution in [-0.2, 0) is 4.79 Å². The van der Waals surface area contributed by atoms with Crippen molar-refractivity contribution in [3.05, 3.63) is 34.9 Å². The van der Waals surface area contributed by atoms with E-state index in [9.17, 15) is 4.79 Å². The molecule has 0 aliphatic heterocycles. The highest BCUT2D eigenvalue weighted by Gasteiger charge is 2.37. The van der Waals surface area contributed by atoms with Gasteiger partial charge in [0.25, 0.3) is 0 Å². The molecule has 20 heavy (non-hydrogen) atoms. The number of halogens is 1. The predicted molar refractivity (Wildman–Crippen MR) is 83.5 cm³/mol. The second-order valence-electron chi connectivity index (χ2n) is 5.35. The molecule has 1 aliphatic carbocycles. The van der Waals surface area contributed by atoms with Gasteiger partial charge in [-0.3, -0.25) is 9.78 Å². The number of para-hydroxylation sites is 1. The van der Waals surface area contributed by atoms with Crippen molar-refractivity contribution in [2.24, 2.45) is 5.73 Å². The topological polar surface area (TPSA) is 68.0 Å². The quantitative estimate of drug-likeness (QED) is 0.886. The lowest BCUT2D eigenvalue weighted by Gasteiger charge is -2.22. The molecule has 0 saturated heterocycles. The molecule has 104 valence electrons. The van der Waals surface area contributed by atoms with E-state index in [-0.39, 0.29) is 5.91 Å². The van der Waals surface area contributed by atoms with Crippen molar-refractivity contribution in [2.45, 2.75) is 31.2 Å². The summed E-state index contributed by atoms with van der Waals surface area (Å²) in [5.74, 6) is -0.104. The van der Waals surface area contributed by atoms with E-state index in [1.807, 2.05) is 24.3 Å². The van der Waals surface area contributed by atoms with Crippen molar-refractivity contribution >= 4 is 38.4 Å². The largest absolute Gasteiger partial charge is 0.323 e. The normalized spacial score (nSPS) is 17.3. The molecule has 1 saturated carbocycles. The highest BCUT2D eigenvalue weighted by molar-refractivity contribution is 9.10. The molecule has 4 nitrogen and oxygen atoms in total. The third-order valence-corrected chi connectivity index (χ3v) is 4.31. The molecule has 2 aromatic rings. The van der Waals surface area contributed by atoms with E-state index in [4.69, 9.17) is 5.73 Å². The maximum atomic E-state index is 12.4. The van der Waals surface area contributed by atoms with Crippen LogP contribution in [0.15, 0.2) is 34.9 Å². The number of hydrogen-bond acceptors (Lipinski definition) is 3. The average Bonchev–Trinajstić information content (AvgIpc) is 2.87. The fraction of sp³-hybridized carbons (Fsp3) is 0.333. The zero-order chi connectivity index (χ0) is 14.2. The molecule has 0 radical (unpaired) electrons. The predicted octanol–water partition coefficient (Wildman–Crippen LogP) is 3.21. The van der Waals surface area contributed by atoms with Crippen LogP contribution in [0.1, 0.15) is 25.7 Å². The summed E-state index contributed by atoms with van der Waals surface area (Å²) < 4.78 is 0.916. The van der Waals surface area contributed by atoms with E-state index in [1.165, 1.54) is 0 Å². The van der Waals surface area contributed by atoms with Gasteiger partial charge >= 0.3 is 0 Å². The number of benzene rings is 1. The van der Waals surface area contributed by atoms with Crippen LogP contribution in [0.4, 0.5) is 5.69 Å². The molecular formula is C15H16BrN3O. The van der Waals surface area contributed by atoms with Crippen molar-refractivity contribution in [1.82, 2.24) is 4.98 Å². The summed E-state index contributed by atoms with van der Waals surface area (Å²) in [6.45, 7) is 0. The minimum absolute atomic E-state index is 0.104. The van der Waals surface area contributed by atoms with Crippen molar-refractivity contribution in [1.29, 1.82) is 0 Å². The summed E-state index contributed by atoms with van der Waals surface area (Å²) in [7, 11) is 0. The van der Waals surface area contributed by atoms with Crippen LogP contribution in [0.25, 0.3) is 10.9 Å². The maximum absolute atomic E-state index is 12.4. The monoisotopic (exact) mass is 333 g/mol. The van der Waals surface area contributed by atoms with Gasteiger partial charge in [-0.2, -0.15) is 0 Å². The van der Waals surface area contributed by atoms with Crippen molar-refractivity contribution in [3.63, 3.8) is 0 Å². The fourth-order valence-electron chi connectivity index (χ4n) is 2.71. The Morgan fingerprint density at radius 1 is 1.35 bits per heavy atom. The van der Waals surface area contributed by atoms with Crippen LogP contribution < -0.4 is 11.1 Å². The number of nitrogens with one attached hydrogen (secondary N) is 1. The molecule has 0 unspecified atom stereocenters. The van der Waals surface area contributed by atoms with Crippen molar-refractivity contribution in [2.75, 3.05) is 5.32 Å². The first-order valence-electron chi connectivity index (χ1n) is 6.73. The van der Waals surface area contributed by atoms with Crippen LogP contribution in [0, 0.1) is 0 Å². The number of nitrogens with zero attached hydrogens (tertiary/aromatic N) is 1. The highest BCUT2D eigenvalue weighted by atomic mass is 79.9.